The molecule has 0 bridgehead atoms. The van der Waals surface area contributed by atoms with Gasteiger partial charge in [0.2, 0.25) is 0 Å². The summed E-state index contributed by atoms with van der Waals surface area (Å²) in [4.78, 5) is 34.9. The Hall–Kier alpha value is -2.37. The van der Waals surface area contributed by atoms with Crippen molar-refractivity contribution in [1.29, 1.82) is 0 Å². The number of hydrogen-bond donors (Lipinski definition) is 0. The van der Waals surface area contributed by atoms with E-state index in [1.807, 2.05) is 6.92 Å². The molecule has 25 heavy (non-hydrogen) atoms. The van der Waals surface area contributed by atoms with Gasteiger partial charge in [-0.2, -0.15) is 0 Å². The predicted molar refractivity (Wildman–Crippen MR) is 94.7 cm³/mol. The van der Waals surface area contributed by atoms with E-state index in [4.69, 9.17) is 14.2 Å². The molecule has 0 unspecified atom stereocenters. The van der Waals surface area contributed by atoms with E-state index in [-0.39, 0.29) is 31.0 Å². The number of carbonyl (C=O) groups excluding carboxylic acids is 3. The lowest BCUT2D eigenvalue weighted by molar-refractivity contribution is -0.153. The van der Waals surface area contributed by atoms with E-state index in [1.165, 1.54) is 0 Å². The molecule has 0 radical (unpaired) electrons. The lowest BCUT2D eigenvalue weighted by Crippen LogP contribution is -2.35. The predicted octanol–water partition coefficient (Wildman–Crippen LogP) is 3.13. The Labute approximate surface area is 149 Å². The van der Waals surface area contributed by atoms with E-state index in [2.05, 4.69) is 19.7 Å². The van der Waals surface area contributed by atoms with Crippen LogP contribution in [0.5, 0.6) is 0 Å². The Balaban J connectivity index is 5.01. The molecule has 140 valence electrons. The average Bonchev–Trinajstić information content (AvgIpc) is 2.55. The standard InChI is InChI=1S/C19H28O6/c1-8-19(11-24-17(21)14(4)5,12-25-18(22)15(6)7)9-10-23-16(20)13(2)3/h2,4,6,8-12H2,1,3,5,7H3. The topological polar surface area (TPSA) is 78.9 Å². The van der Waals surface area contributed by atoms with Gasteiger partial charge in [0.25, 0.3) is 0 Å². The minimum Gasteiger partial charge on any atom is -0.462 e. The van der Waals surface area contributed by atoms with E-state index >= 15 is 0 Å². The summed E-state index contributed by atoms with van der Waals surface area (Å²) >= 11 is 0. The van der Waals surface area contributed by atoms with Gasteiger partial charge in [-0.3, -0.25) is 0 Å². The van der Waals surface area contributed by atoms with Crippen LogP contribution in [0.4, 0.5) is 0 Å². The maximum atomic E-state index is 11.7. The highest BCUT2D eigenvalue weighted by atomic mass is 16.6. The maximum Gasteiger partial charge on any atom is 0.333 e. The number of carbonyl (C=O) groups is 3. The van der Waals surface area contributed by atoms with Crippen LogP contribution in [0.15, 0.2) is 36.5 Å². The fourth-order valence-corrected chi connectivity index (χ4v) is 1.73. The van der Waals surface area contributed by atoms with Gasteiger partial charge in [-0.1, -0.05) is 26.7 Å². The van der Waals surface area contributed by atoms with E-state index in [9.17, 15) is 14.4 Å². The van der Waals surface area contributed by atoms with Crippen molar-refractivity contribution in [3.8, 4) is 0 Å². The first-order chi connectivity index (χ1) is 11.5. The molecule has 0 atom stereocenters. The Kier molecular flexibility index (Phi) is 9.49. The quantitative estimate of drug-likeness (QED) is 0.323. The first-order valence-corrected chi connectivity index (χ1v) is 8.02. The van der Waals surface area contributed by atoms with Gasteiger partial charge in [0, 0.05) is 22.1 Å². The van der Waals surface area contributed by atoms with Crippen LogP contribution in [0.1, 0.15) is 40.5 Å². The van der Waals surface area contributed by atoms with Crippen LogP contribution in [0.3, 0.4) is 0 Å². The molecule has 0 N–H and O–H groups in total. The van der Waals surface area contributed by atoms with Crippen molar-refractivity contribution in [3.63, 3.8) is 0 Å². The van der Waals surface area contributed by atoms with Crippen LogP contribution in [-0.4, -0.2) is 37.7 Å². The number of esters is 3. The number of hydrogen-bond acceptors (Lipinski definition) is 6. The minimum atomic E-state index is -0.675. The first kappa shape index (κ1) is 22.6. The molecule has 0 aliphatic heterocycles. The van der Waals surface area contributed by atoms with Gasteiger partial charge in [0.1, 0.15) is 13.2 Å². The van der Waals surface area contributed by atoms with Crippen LogP contribution in [-0.2, 0) is 28.6 Å². The van der Waals surface area contributed by atoms with E-state index in [0.29, 0.717) is 18.4 Å². The van der Waals surface area contributed by atoms with Crippen LogP contribution >= 0.6 is 0 Å². The van der Waals surface area contributed by atoms with Crippen molar-refractivity contribution in [2.24, 2.45) is 5.41 Å². The van der Waals surface area contributed by atoms with Crippen molar-refractivity contribution >= 4 is 17.9 Å². The molecule has 6 heteroatoms. The lowest BCUT2D eigenvalue weighted by atomic mass is 9.83. The Morgan fingerprint density at radius 2 is 1.12 bits per heavy atom. The molecule has 0 heterocycles. The first-order valence-electron chi connectivity index (χ1n) is 8.02. The summed E-state index contributed by atoms with van der Waals surface area (Å²) < 4.78 is 15.6. The van der Waals surface area contributed by atoms with Gasteiger partial charge in [-0.05, 0) is 33.6 Å². The molecule has 0 aromatic heterocycles. The highest BCUT2D eigenvalue weighted by Crippen LogP contribution is 2.28. The second-order valence-electron chi connectivity index (χ2n) is 6.23. The fourth-order valence-electron chi connectivity index (χ4n) is 1.73. The SMILES string of the molecule is C=C(C)C(=O)OCCC(CC)(COC(=O)C(=C)C)COC(=O)C(=C)C. The second-order valence-corrected chi connectivity index (χ2v) is 6.23. The third-order valence-corrected chi connectivity index (χ3v) is 3.68. The molecule has 0 aliphatic rings. The molecular weight excluding hydrogens is 324 g/mol. The largest absolute Gasteiger partial charge is 0.462 e. The summed E-state index contributed by atoms with van der Waals surface area (Å²) in [6.45, 7) is 17.2. The highest BCUT2D eigenvalue weighted by molar-refractivity contribution is 5.87. The molecule has 0 fully saturated rings. The van der Waals surface area contributed by atoms with E-state index < -0.39 is 23.3 Å². The molecule has 0 aromatic carbocycles. The molecule has 0 saturated carbocycles. The zero-order valence-electron chi connectivity index (χ0n) is 15.6. The molecule has 0 aliphatic carbocycles. The van der Waals surface area contributed by atoms with Gasteiger partial charge < -0.3 is 14.2 Å². The summed E-state index contributed by atoms with van der Waals surface area (Å²) in [5.41, 5.74) is 0.172. The zero-order chi connectivity index (χ0) is 19.6. The second kappa shape index (κ2) is 10.5. The van der Waals surface area contributed by atoms with E-state index in [1.54, 1.807) is 20.8 Å². The minimum absolute atomic E-state index is 0.0171. The lowest BCUT2D eigenvalue weighted by Gasteiger charge is -2.31. The Bertz CT molecular complexity index is 528. The summed E-state index contributed by atoms with van der Waals surface area (Å²) in [6, 6.07) is 0. The van der Waals surface area contributed by atoms with Crippen molar-refractivity contribution in [1.82, 2.24) is 0 Å². The molecule has 0 spiro atoms. The van der Waals surface area contributed by atoms with Gasteiger partial charge in [-0.25, -0.2) is 14.4 Å². The van der Waals surface area contributed by atoms with Crippen molar-refractivity contribution in [2.45, 2.75) is 40.5 Å². The molecule has 6 nitrogen and oxygen atoms in total. The normalized spacial score (nSPS) is 10.6. The van der Waals surface area contributed by atoms with Crippen LogP contribution < -0.4 is 0 Å². The molecule has 0 rings (SSSR count). The zero-order valence-corrected chi connectivity index (χ0v) is 15.6. The highest BCUT2D eigenvalue weighted by Gasteiger charge is 2.32. The van der Waals surface area contributed by atoms with Crippen LogP contribution in [0.2, 0.25) is 0 Å². The number of ether oxygens (including phenoxy) is 3. The summed E-state index contributed by atoms with van der Waals surface area (Å²) in [5, 5.41) is 0. The van der Waals surface area contributed by atoms with Gasteiger partial charge in [0.15, 0.2) is 0 Å². The van der Waals surface area contributed by atoms with Crippen molar-refractivity contribution in [3.05, 3.63) is 36.5 Å². The van der Waals surface area contributed by atoms with Gasteiger partial charge in [-0.15, -0.1) is 0 Å². The van der Waals surface area contributed by atoms with Gasteiger partial charge >= 0.3 is 17.9 Å². The van der Waals surface area contributed by atoms with Gasteiger partial charge in [0.05, 0.1) is 6.61 Å². The third-order valence-electron chi connectivity index (χ3n) is 3.68. The van der Waals surface area contributed by atoms with Crippen molar-refractivity contribution in [2.75, 3.05) is 19.8 Å². The summed E-state index contributed by atoms with van der Waals surface area (Å²) in [6.07, 6.45) is 0.903. The summed E-state index contributed by atoms with van der Waals surface area (Å²) in [5.74, 6) is -1.55. The monoisotopic (exact) mass is 352 g/mol. The molecule has 0 saturated heterocycles. The molecular formula is C19H28O6. The van der Waals surface area contributed by atoms with Crippen molar-refractivity contribution < 1.29 is 28.6 Å². The van der Waals surface area contributed by atoms with Crippen LogP contribution in [0, 0.1) is 5.41 Å². The van der Waals surface area contributed by atoms with E-state index in [0.717, 1.165) is 0 Å². The third kappa shape index (κ3) is 8.33. The smallest absolute Gasteiger partial charge is 0.333 e. The van der Waals surface area contributed by atoms with Crippen LogP contribution in [0.25, 0.3) is 0 Å². The maximum absolute atomic E-state index is 11.7. The molecule has 0 amide bonds. The Morgan fingerprint density at radius 1 is 0.760 bits per heavy atom. The Morgan fingerprint density at radius 3 is 1.44 bits per heavy atom. The summed E-state index contributed by atoms with van der Waals surface area (Å²) in [7, 11) is 0. The average molecular weight is 352 g/mol. The number of rotatable bonds is 11. The fraction of sp³-hybridized carbons (Fsp3) is 0.526. The molecule has 0 aromatic rings.